The Balaban J connectivity index is -0.00000288. The lowest BCUT2D eigenvalue weighted by Gasteiger charge is -2.09. The molecule has 0 aliphatic rings. The summed E-state index contributed by atoms with van der Waals surface area (Å²) in [7, 11) is 0. The van der Waals surface area contributed by atoms with Gasteiger partial charge in [-0.1, -0.05) is 13.8 Å². The number of nitrogens with one attached hydrogen (secondary N) is 6. The molecule has 0 radical (unpaired) electrons. The highest BCUT2D eigenvalue weighted by Gasteiger charge is 1.98. The summed E-state index contributed by atoms with van der Waals surface area (Å²) in [5.74, 6) is 0. The standard InChI is InChI=1S/C17H38N6O2.2ClH/c1-3-8-20-16(24)22-14-6-12-18-10-5-11-19-13-7-15-23-17(25)21-9-4-2;;/h18-19H,3-15H2,1-2H3,(H2,20,22,24)(H2,21,23,25);2*1H. The third kappa shape index (κ3) is 25.0. The number of carbonyl (C=O) groups excluding carboxylic acids is 2. The third-order valence-corrected chi connectivity index (χ3v) is 3.41. The van der Waals surface area contributed by atoms with Crippen molar-refractivity contribution in [3.05, 3.63) is 0 Å². The molecule has 4 amide bonds. The van der Waals surface area contributed by atoms with Gasteiger partial charge in [0.25, 0.3) is 0 Å². The maximum absolute atomic E-state index is 11.3. The van der Waals surface area contributed by atoms with E-state index in [1.165, 1.54) is 0 Å². The van der Waals surface area contributed by atoms with Crippen molar-refractivity contribution in [2.24, 2.45) is 0 Å². The molecule has 0 atom stereocenters. The van der Waals surface area contributed by atoms with Crippen LogP contribution in [0, 0.1) is 0 Å². The number of amides is 4. The second-order valence-electron chi connectivity index (χ2n) is 5.93. The minimum atomic E-state index is -0.0802. The maximum Gasteiger partial charge on any atom is 0.314 e. The largest absolute Gasteiger partial charge is 0.338 e. The molecule has 0 spiro atoms. The van der Waals surface area contributed by atoms with E-state index in [1.807, 2.05) is 13.8 Å². The molecule has 0 aromatic heterocycles. The Bertz CT molecular complexity index is 309. The monoisotopic (exact) mass is 430 g/mol. The van der Waals surface area contributed by atoms with Crippen molar-refractivity contribution in [2.75, 3.05) is 52.4 Å². The zero-order valence-corrected chi connectivity index (χ0v) is 18.5. The Hall–Kier alpha value is -0.960. The lowest BCUT2D eigenvalue weighted by Crippen LogP contribution is -2.37. The van der Waals surface area contributed by atoms with Crippen molar-refractivity contribution in [2.45, 2.75) is 46.0 Å². The molecule has 0 rings (SSSR count). The van der Waals surface area contributed by atoms with Gasteiger partial charge in [0, 0.05) is 26.2 Å². The smallest absolute Gasteiger partial charge is 0.314 e. The molecule has 0 saturated heterocycles. The lowest BCUT2D eigenvalue weighted by atomic mass is 10.3. The molecular formula is C17H40Cl2N6O2. The van der Waals surface area contributed by atoms with E-state index in [9.17, 15) is 9.59 Å². The second kappa shape index (κ2) is 25.0. The predicted octanol–water partition coefficient (Wildman–Crippen LogP) is 1.60. The number of halogens is 2. The van der Waals surface area contributed by atoms with Crippen molar-refractivity contribution in [3.63, 3.8) is 0 Å². The number of urea groups is 2. The van der Waals surface area contributed by atoms with Crippen molar-refractivity contribution < 1.29 is 9.59 Å². The van der Waals surface area contributed by atoms with Gasteiger partial charge in [-0.05, 0) is 58.3 Å². The van der Waals surface area contributed by atoms with Crippen molar-refractivity contribution in [1.82, 2.24) is 31.9 Å². The molecule has 0 aliphatic carbocycles. The first-order valence-corrected chi connectivity index (χ1v) is 9.65. The Labute approximate surface area is 177 Å². The molecule has 0 heterocycles. The molecule has 0 fully saturated rings. The molecule has 0 aliphatic heterocycles. The Kier molecular flexibility index (Phi) is 28.5. The normalized spacial score (nSPS) is 9.56. The third-order valence-electron chi connectivity index (χ3n) is 3.41. The number of hydrogen-bond acceptors (Lipinski definition) is 4. The quantitative estimate of drug-likeness (QED) is 0.209. The average molecular weight is 431 g/mol. The predicted molar refractivity (Wildman–Crippen MR) is 117 cm³/mol. The van der Waals surface area contributed by atoms with Gasteiger partial charge in [-0.2, -0.15) is 0 Å². The van der Waals surface area contributed by atoms with Crippen LogP contribution in [0.15, 0.2) is 0 Å². The summed E-state index contributed by atoms with van der Waals surface area (Å²) in [6, 6.07) is -0.160. The average Bonchev–Trinajstić information content (AvgIpc) is 2.61. The number of hydrogen-bond donors (Lipinski definition) is 6. The second-order valence-corrected chi connectivity index (χ2v) is 5.93. The molecule has 164 valence electrons. The van der Waals surface area contributed by atoms with Crippen LogP contribution in [0.2, 0.25) is 0 Å². The van der Waals surface area contributed by atoms with Crippen molar-refractivity contribution in [3.8, 4) is 0 Å². The van der Waals surface area contributed by atoms with Gasteiger partial charge in [-0.3, -0.25) is 0 Å². The van der Waals surface area contributed by atoms with E-state index in [-0.39, 0.29) is 36.9 Å². The first-order chi connectivity index (χ1) is 12.2. The number of rotatable bonds is 16. The minimum absolute atomic E-state index is 0. The highest BCUT2D eigenvalue weighted by molar-refractivity contribution is 5.85. The molecular weight excluding hydrogens is 391 g/mol. The van der Waals surface area contributed by atoms with Crippen molar-refractivity contribution in [1.29, 1.82) is 0 Å². The summed E-state index contributed by atoms with van der Waals surface area (Å²) < 4.78 is 0. The minimum Gasteiger partial charge on any atom is -0.338 e. The highest BCUT2D eigenvalue weighted by atomic mass is 35.5. The lowest BCUT2D eigenvalue weighted by molar-refractivity contribution is 0.240. The van der Waals surface area contributed by atoms with Gasteiger partial charge in [0.2, 0.25) is 0 Å². The van der Waals surface area contributed by atoms with Gasteiger partial charge in [0.15, 0.2) is 0 Å². The van der Waals surface area contributed by atoms with Gasteiger partial charge >= 0.3 is 12.1 Å². The van der Waals surface area contributed by atoms with Crippen molar-refractivity contribution >= 4 is 36.9 Å². The number of carbonyl (C=O) groups is 2. The summed E-state index contributed by atoms with van der Waals surface area (Å²) >= 11 is 0. The Morgan fingerprint density at radius 1 is 0.519 bits per heavy atom. The fourth-order valence-corrected chi connectivity index (χ4v) is 2.02. The first-order valence-electron chi connectivity index (χ1n) is 9.65. The van der Waals surface area contributed by atoms with Gasteiger partial charge in [0.1, 0.15) is 0 Å². The van der Waals surface area contributed by atoms with E-state index in [0.29, 0.717) is 13.1 Å². The van der Waals surface area contributed by atoms with Crippen LogP contribution in [0.3, 0.4) is 0 Å². The zero-order valence-electron chi connectivity index (χ0n) is 16.8. The van der Waals surface area contributed by atoms with Crippen LogP contribution >= 0.6 is 24.8 Å². The molecule has 0 aromatic carbocycles. The molecule has 10 heteroatoms. The van der Waals surface area contributed by atoms with Crippen LogP contribution in [0.25, 0.3) is 0 Å². The van der Waals surface area contributed by atoms with Crippen LogP contribution in [-0.4, -0.2) is 64.4 Å². The van der Waals surface area contributed by atoms with E-state index in [0.717, 1.165) is 71.4 Å². The summed E-state index contributed by atoms with van der Waals surface area (Å²) in [6.07, 6.45) is 4.83. The molecule has 8 nitrogen and oxygen atoms in total. The van der Waals surface area contributed by atoms with Crippen LogP contribution in [0.5, 0.6) is 0 Å². The van der Waals surface area contributed by atoms with Crippen LogP contribution in [-0.2, 0) is 0 Å². The Morgan fingerprint density at radius 2 is 0.815 bits per heavy atom. The maximum atomic E-state index is 11.3. The zero-order chi connectivity index (χ0) is 18.6. The summed E-state index contributed by atoms with van der Waals surface area (Å²) in [5, 5.41) is 17.9. The topological polar surface area (TPSA) is 106 Å². The van der Waals surface area contributed by atoms with E-state index in [1.54, 1.807) is 0 Å². The molecule has 0 aromatic rings. The highest BCUT2D eigenvalue weighted by Crippen LogP contribution is 1.80. The van der Waals surface area contributed by atoms with Crippen LogP contribution in [0.1, 0.15) is 46.0 Å². The molecule has 0 unspecified atom stereocenters. The molecule has 27 heavy (non-hydrogen) atoms. The summed E-state index contributed by atoms with van der Waals surface area (Å²) in [4.78, 5) is 22.6. The molecule has 0 bridgehead atoms. The van der Waals surface area contributed by atoms with E-state index in [4.69, 9.17) is 0 Å². The first kappa shape index (κ1) is 30.8. The van der Waals surface area contributed by atoms with Gasteiger partial charge in [-0.15, -0.1) is 24.8 Å². The van der Waals surface area contributed by atoms with Gasteiger partial charge in [0.05, 0.1) is 0 Å². The van der Waals surface area contributed by atoms with E-state index < -0.39 is 0 Å². The van der Waals surface area contributed by atoms with Gasteiger partial charge < -0.3 is 31.9 Å². The Morgan fingerprint density at radius 3 is 1.15 bits per heavy atom. The fourth-order valence-electron chi connectivity index (χ4n) is 2.02. The molecule has 6 N–H and O–H groups in total. The summed E-state index contributed by atoms with van der Waals surface area (Å²) in [6.45, 7) is 10.6. The van der Waals surface area contributed by atoms with E-state index >= 15 is 0 Å². The van der Waals surface area contributed by atoms with E-state index in [2.05, 4.69) is 31.9 Å². The SMILES string of the molecule is CCCNC(=O)NCCCNCCCNCCCNC(=O)NCCC.Cl.Cl. The summed E-state index contributed by atoms with van der Waals surface area (Å²) in [5.41, 5.74) is 0. The fraction of sp³-hybridized carbons (Fsp3) is 0.882. The molecule has 0 saturated carbocycles. The van der Waals surface area contributed by atoms with Crippen LogP contribution in [0.4, 0.5) is 9.59 Å². The van der Waals surface area contributed by atoms with Crippen LogP contribution < -0.4 is 31.9 Å². The van der Waals surface area contributed by atoms with Gasteiger partial charge in [-0.25, -0.2) is 9.59 Å².